The molecule has 9 heteroatoms. The maximum absolute atomic E-state index is 13.0. The van der Waals surface area contributed by atoms with E-state index in [-0.39, 0.29) is 17.9 Å². The minimum atomic E-state index is -0.00908. The smallest absolute Gasteiger partial charge is 0.254 e. The van der Waals surface area contributed by atoms with E-state index in [1.54, 1.807) is 32.4 Å². The third-order valence-corrected chi connectivity index (χ3v) is 6.90. The highest BCUT2D eigenvalue weighted by molar-refractivity contribution is 5.95. The van der Waals surface area contributed by atoms with Gasteiger partial charge in [-0.05, 0) is 43.3 Å². The first-order valence-corrected chi connectivity index (χ1v) is 12.9. The molecule has 1 N–H and O–H groups in total. The number of amides is 2. The Morgan fingerprint density at radius 1 is 1.03 bits per heavy atom. The Balaban J connectivity index is 1.19. The molecule has 0 saturated carbocycles. The molecule has 0 aliphatic carbocycles. The number of piperazine rings is 1. The fourth-order valence-electron chi connectivity index (χ4n) is 4.88. The molecule has 2 aliphatic rings. The molecule has 0 radical (unpaired) electrons. The summed E-state index contributed by atoms with van der Waals surface area (Å²) >= 11 is 0. The van der Waals surface area contributed by atoms with Crippen LogP contribution < -0.4 is 19.5 Å². The summed E-state index contributed by atoms with van der Waals surface area (Å²) in [6.45, 7) is 5.99. The number of carbonyl (C=O) groups excluding carboxylic acids is 2. The van der Waals surface area contributed by atoms with Crippen LogP contribution in [0.5, 0.6) is 17.2 Å². The van der Waals surface area contributed by atoms with E-state index in [1.165, 1.54) is 5.56 Å². The standard InChI is InChI=1S/C28H38N4O5/c1-30(20-23-7-8-27(33)29-23)19-21-5-4-6-24(15-21)37-14-13-31-9-11-32(12-10-31)28(34)22-16-25(35-2)18-26(17-22)36-3/h4-6,15-18,23H,7-14,19-20H2,1-3H3,(H,29,33)/t23-/m0/s1. The van der Waals surface area contributed by atoms with Crippen LogP contribution in [0.15, 0.2) is 42.5 Å². The zero-order valence-electron chi connectivity index (χ0n) is 22.1. The van der Waals surface area contributed by atoms with Crippen molar-refractivity contribution in [3.05, 3.63) is 53.6 Å². The number of likely N-dealkylation sites (N-methyl/N-ethyl adjacent to an activating group) is 1. The molecule has 0 unspecified atom stereocenters. The summed E-state index contributed by atoms with van der Waals surface area (Å²) in [6.07, 6.45) is 1.54. The second kappa shape index (κ2) is 12.8. The van der Waals surface area contributed by atoms with Crippen molar-refractivity contribution in [1.82, 2.24) is 20.0 Å². The topological polar surface area (TPSA) is 83.6 Å². The Hall–Kier alpha value is -3.30. The van der Waals surface area contributed by atoms with E-state index in [9.17, 15) is 9.59 Å². The lowest BCUT2D eigenvalue weighted by molar-refractivity contribution is -0.119. The molecule has 1 atom stereocenters. The molecule has 9 nitrogen and oxygen atoms in total. The molecule has 2 amide bonds. The van der Waals surface area contributed by atoms with Crippen LogP contribution in [0, 0.1) is 0 Å². The second-order valence-electron chi connectivity index (χ2n) is 9.73. The monoisotopic (exact) mass is 510 g/mol. The van der Waals surface area contributed by atoms with E-state index < -0.39 is 0 Å². The molecule has 37 heavy (non-hydrogen) atoms. The van der Waals surface area contributed by atoms with Gasteiger partial charge in [0, 0.05) is 69.9 Å². The van der Waals surface area contributed by atoms with E-state index in [0.717, 1.165) is 44.9 Å². The molecule has 2 aliphatic heterocycles. The van der Waals surface area contributed by atoms with Crippen LogP contribution in [0.1, 0.15) is 28.8 Å². The van der Waals surface area contributed by atoms with Crippen LogP contribution >= 0.6 is 0 Å². The summed E-state index contributed by atoms with van der Waals surface area (Å²) in [6, 6.07) is 13.7. The molecule has 0 bridgehead atoms. The molecule has 2 aromatic carbocycles. The Kier molecular flexibility index (Phi) is 9.24. The van der Waals surface area contributed by atoms with Crippen LogP contribution in [0.25, 0.3) is 0 Å². The van der Waals surface area contributed by atoms with Gasteiger partial charge in [-0.15, -0.1) is 0 Å². The Morgan fingerprint density at radius 2 is 1.76 bits per heavy atom. The first kappa shape index (κ1) is 26.8. The van der Waals surface area contributed by atoms with Crippen LogP contribution in [0.4, 0.5) is 0 Å². The van der Waals surface area contributed by atoms with Gasteiger partial charge in [-0.3, -0.25) is 14.5 Å². The molecule has 2 heterocycles. The molecule has 2 aromatic rings. The SMILES string of the molecule is COc1cc(OC)cc(C(=O)N2CCN(CCOc3cccc(CN(C)C[C@@H]4CCC(=O)N4)c3)CC2)c1. The number of nitrogens with zero attached hydrogens (tertiary/aromatic N) is 3. The van der Waals surface area contributed by atoms with Crippen LogP contribution in [-0.4, -0.2) is 99.7 Å². The van der Waals surface area contributed by atoms with Gasteiger partial charge < -0.3 is 29.3 Å². The number of methoxy groups -OCH3 is 2. The highest BCUT2D eigenvalue weighted by Gasteiger charge is 2.23. The molecular weight excluding hydrogens is 472 g/mol. The third kappa shape index (κ3) is 7.60. The van der Waals surface area contributed by atoms with Crippen molar-refractivity contribution in [2.45, 2.75) is 25.4 Å². The zero-order chi connectivity index (χ0) is 26.2. The second-order valence-corrected chi connectivity index (χ2v) is 9.73. The highest BCUT2D eigenvalue weighted by atomic mass is 16.5. The number of rotatable bonds is 11. The van der Waals surface area contributed by atoms with E-state index in [2.05, 4.69) is 34.3 Å². The van der Waals surface area contributed by atoms with Crippen molar-refractivity contribution >= 4 is 11.8 Å². The summed E-state index contributed by atoms with van der Waals surface area (Å²) in [7, 11) is 5.24. The lowest BCUT2D eigenvalue weighted by Gasteiger charge is -2.34. The van der Waals surface area contributed by atoms with Gasteiger partial charge in [-0.1, -0.05) is 12.1 Å². The highest BCUT2D eigenvalue weighted by Crippen LogP contribution is 2.24. The Bertz CT molecular complexity index is 1050. The number of hydrogen-bond donors (Lipinski definition) is 1. The van der Waals surface area contributed by atoms with Gasteiger partial charge in [0.05, 0.1) is 14.2 Å². The van der Waals surface area contributed by atoms with Gasteiger partial charge in [0.25, 0.3) is 5.91 Å². The number of nitrogens with one attached hydrogen (secondary N) is 1. The summed E-state index contributed by atoms with van der Waals surface area (Å²) in [5.41, 5.74) is 1.76. The molecule has 200 valence electrons. The number of ether oxygens (including phenoxy) is 3. The Morgan fingerprint density at radius 3 is 2.41 bits per heavy atom. The van der Waals surface area contributed by atoms with Crippen molar-refractivity contribution in [3.63, 3.8) is 0 Å². The number of benzene rings is 2. The maximum atomic E-state index is 13.0. The van der Waals surface area contributed by atoms with Crippen molar-refractivity contribution < 1.29 is 23.8 Å². The minimum Gasteiger partial charge on any atom is -0.497 e. The lowest BCUT2D eigenvalue weighted by Crippen LogP contribution is -2.49. The molecule has 0 spiro atoms. The van der Waals surface area contributed by atoms with Gasteiger partial charge in [0.2, 0.25) is 5.91 Å². The summed E-state index contributed by atoms with van der Waals surface area (Å²) in [5, 5.41) is 3.03. The Labute approximate surface area is 219 Å². The summed E-state index contributed by atoms with van der Waals surface area (Å²) in [4.78, 5) is 30.9. The first-order valence-electron chi connectivity index (χ1n) is 12.9. The number of carbonyl (C=O) groups is 2. The van der Waals surface area contributed by atoms with E-state index in [4.69, 9.17) is 14.2 Å². The molecule has 2 fully saturated rings. The number of hydrogen-bond acceptors (Lipinski definition) is 7. The van der Waals surface area contributed by atoms with Crippen LogP contribution in [-0.2, 0) is 11.3 Å². The largest absolute Gasteiger partial charge is 0.497 e. The van der Waals surface area contributed by atoms with E-state index in [1.807, 2.05) is 17.0 Å². The normalized spacial score (nSPS) is 18.1. The molecular formula is C28H38N4O5. The predicted molar refractivity (Wildman–Crippen MR) is 141 cm³/mol. The molecule has 2 saturated heterocycles. The predicted octanol–water partition coefficient (Wildman–Crippen LogP) is 2.25. The first-order chi connectivity index (χ1) is 17.9. The van der Waals surface area contributed by atoms with Crippen LogP contribution in [0.2, 0.25) is 0 Å². The van der Waals surface area contributed by atoms with E-state index in [0.29, 0.717) is 43.2 Å². The molecule has 0 aromatic heterocycles. The van der Waals surface area contributed by atoms with Gasteiger partial charge >= 0.3 is 0 Å². The fraction of sp³-hybridized carbons (Fsp3) is 0.500. The van der Waals surface area contributed by atoms with Crippen molar-refractivity contribution in [1.29, 1.82) is 0 Å². The van der Waals surface area contributed by atoms with Gasteiger partial charge in [-0.2, -0.15) is 0 Å². The molecule has 4 rings (SSSR count). The average molecular weight is 511 g/mol. The quantitative estimate of drug-likeness (QED) is 0.497. The van der Waals surface area contributed by atoms with Gasteiger partial charge in [0.1, 0.15) is 23.9 Å². The van der Waals surface area contributed by atoms with Crippen molar-refractivity contribution in [2.75, 3.05) is 67.1 Å². The van der Waals surface area contributed by atoms with E-state index >= 15 is 0 Å². The average Bonchev–Trinajstić information content (AvgIpc) is 3.32. The fourth-order valence-corrected chi connectivity index (χ4v) is 4.88. The van der Waals surface area contributed by atoms with Crippen molar-refractivity contribution in [2.24, 2.45) is 0 Å². The summed E-state index contributed by atoms with van der Waals surface area (Å²) in [5.74, 6) is 2.22. The lowest BCUT2D eigenvalue weighted by atomic mass is 10.1. The van der Waals surface area contributed by atoms with Gasteiger partial charge in [0.15, 0.2) is 0 Å². The summed E-state index contributed by atoms with van der Waals surface area (Å²) < 4.78 is 16.6. The van der Waals surface area contributed by atoms with Gasteiger partial charge in [-0.25, -0.2) is 0 Å². The third-order valence-electron chi connectivity index (χ3n) is 6.90. The van der Waals surface area contributed by atoms with Crippen LogP contribution in [0.3, 0.4) is 0 Å². The van der Waals surface area contributed by atoms with Crippen molar-refractivity contribution in [3.8, 4) is 17.2 Å². The maximum Gasteiger partial charge on any atom is 0.254 e. The zero-order valence-corrected chi connectivity index (χ0v) is 22.1. The minimum absolute atomic E-state index is 0.00908.